The molecule has 0 saturated heterocycles. The summed E-state index contributed by atoms with van der Waals surface area (Å²) >= 11 is 1.56. The summed E-state index contributed by atoms with van der Waals surface area (Å²) in [5.74, 6) is -0.338. The summed E-state index contributed by atoms with van der Waals surface area (Å²) in [6.45, 7) is 3.60. The first kappa shape index (κ1) is 20.8. The zero-order valence-electron chi connectivity index (χ0n) is 15.4. The maximum absolute atomic E-state index is 12.2. The van der Waals surface area contributed by atoms with E-state index in [0.29, 0.717) is 17.7 Å². The van der Waals surface area contributed by atoms with Gasteiger partial charge in [0.1, 0.15) is 6.61 Å². The highest BCUT2D eigenvalue weighted by atomic mass is 32.2. The van der Waals surface area contributed by atoms with E-state index < -0.39 is 24.0 Å². The lowest BCUT2D eigenvalue weighted by molar-refractivity contribution is -0.143. The first-order chi connectivity index (χ1) is 13.0. The van der Waals surface area contributed by atoms with Gasteiger partial charge in [-0.05, 0) is 25.5 Å². The zero-order chi connectivity index (χ0) is 19.6. The first-order valence-corrected chi connectivity index (χ1v) is 9.84. The van der Waals surface area contributed by atoms with Crippen molar-refractivity contribution in [3.05, 3.63) is 41.6 Å². The second kappa shape index (κ2) is 10.6. The number of urea groups is 1. The quantitative estimate of drug-likeness (QED) is 0.496. The van der Waals surface area contributed by atoms with Gasteiger partial charge in [0.05, 0.1) is 30.3 Å². The maximum Gasteiger partial charge on any atom is 0.338 e. The third-order valence-corrected chi connectivity index (χ3v) is 4.86. The lowest BCUT2D eigenvalue weighted by Crippen LogP contribution is -2.51. The van der Waals surface area contributed by atoms with E-state index in [-0.39, 0.29) is 25.3 Å². The summed E-state index contributed by atoms with van der Waals surface area (Å²) in [5, 5.41) is 5.23. The Bertz CT molecular complexity index is 705. The zero-order valence-corrected chi connectivity index (χ0v) is 16.3. The van der Waals surface area contributed by atoms with E-state index in [4.69, 9.17) is 9.47 Å². The van der Waals surface area contributed by atoms with Crippen LogP contribution >= 0.6 is 11.8 Å². The summed E-state index contributed by atoms with van der Waals surface area (Å²) in [7, 11) is 0. The third-order valence-electron chi connectivity index (χ3n) is 3.84. The smallest absolute Gasteiger partial charge is 0.338 e. The molecule has 0 unspecified atom stereocenters. The van der Waals surface area contributed by atoms with Crippen LogP contribution in [0.5, 0.6) is 0 Å². The summed E-state index contributed by atoms with van der Waals surface area (Å²) < 4.78 is 10.3. The van der Waals surface area contributed by atoms with E-state index in [9.17, 15) is 14.4 Å². The molecule has 7 nitrogen and oxygen atoms in total. The van der Waals surface area contributed by atoms with E-state index in [1.807, 2.05) is 37.3 Å². The normalized spacial score (nSPS) is 16.4. The molecule has 1 heterocycles. The van der Waals surface area contributed by atoms with Crippen molar-refractivity contribution in [2.75, 3.05) is 19.0 Å². The highest BCUT2D eigenvalue weighted by Crippen LogP contribution is 2.19. The molecule has 1 atom stereocenters. The predicted molar refractivity (Wildman–Crippen MR) is 102 cm³/mol. The fourth-order valence-electron chi connectivity index (χ4n) is 2.57. The topological polar surface area (TPSA) is 93.7 Å². The Morgan fingerprint density at radius 2 is 1.89 bits per heavy atom. The molecule has 0 radical (unpaired) electrons. The minimum atomic E-state index is -0.525. The number of thioether (sulfide) groups is 1. The molecule has 0 aromatic heterocycles. The molecule has 0 bridgehead atoms. The van der Waals surface area contributed by atoms with Crippen molar-refractivity contribution >= 4 is 29.7 Å². The lowest BCUT2D eigenvalue weighted by Gasteiger charge is -2.28. The average molecular weight is 392 g/mol. The standard InChI is InChI=1S/C19H24N2O5S/c1-3-14-17(18(23)25-4-2)15(21-19(24)20-14)12-26-16(22)10-11-27-13-8-6-5-7-9-13/h5-9,14H,3-4,10-12H2,1-2H3,(H2,20,21,24)/t14-/m0/s1. The predicted octanol–water partition coefficient (Wildman–Crippen LogP) is 2.62. The van der Waals surface area contributed by atoms with E-state index in [0.717, 1.165) is 4.90 Å². The molecule has 2 rings (SSSR count). The SMILES string of the molecule is CCOC(=O)C1=C(COC(=O)CCSc2ccccc2)NC(=O)N[C@H]1CC. The van der Waals surface area contributed by atoms with Crippen molar-refractivity contribution in [1.82, 2.24) is 10.6 Å². The molecule has 146 valence electrons. The molecule has 2 amide bonds. The Balaban J connectivity index is 1.94. The van der Waals surface area contributed by atoms with Crippen LogP contribution in [0.3, 0.4) is 0 Å². The Kier molecular flexibility index (Phi) is 8.19. The number of esters is 2. The number of hydrogen-bond donors (Lipinski definition) is 2. The van der Waals surface area contributed by atoms with Gasteiger partial charge in [-0.25, -0.2) is 9.59 Å². The number of hydrogen-bond acceptors (Lipinski definition) is 6. The second-order valence-corrected chi connectivity index (χ2v) is 6.91. The van der Waals surface area contributed by atoms with E-state index in [2.05, 4.69) is 10.6 Å². The summed E-state index contributed by atoms with van der Waals surface area (Å²) in [6, 6.07) is 8.86. The van der Waals surface area contributed by atoms with Crippen LogP contribution in [0, 0.1) is 0 Å². The Hall–Kier alpha value is -2.48. The van der Waals surface area contributed by atoms with Gasteiger partial charge in [-0.2, -0.15) is 0 Å². The summed E-state index contributed by atoms with van der Waals surface area (Å²) in [4.78, 5) is 37.1. The van der Waals surface area contributed by atoms with Crippen LogP contribution in [-0.4, -0.2) is 43.0 Å². The highest BCUT2D eigenvalue weighted by Gasteiger charge is 2.31. The molecule has 1 aromatic rings. The molecule has 0 spiro atoms. The molecule has 8 heteroatoms. The van der Waals surface area contributed by atoms with Gasteiger partial charge in [0, 0.05) is 10.6 Å². The number of amides is 2. The number of nitrogens with one attached hydrogen (secondary N) is 2. The van der Waals surface area contributed by atoms with Crippen LogP contribution in [0.2, 0.25) is 0 Å². The summed E-state index contributed by atoms with van der Waals surface area (Å²) in [5.41, 5.74) is 0.568. The molecular formula is C19H24N2O5S. The van der Waals surface area contributed by atoms with E-state index >= 15 is 0 Å². The van der Waals surface area contributed by atoms with Crippen molar-refractivity contribution in [2.24, 2.45) is 0 Å². The molecule has 0 aliphatic carbocycles. The fraction of sp³-hybridized carbons (Fsp3) is 0.421. The van der Waals surface area contributed by atoms with Gasteiger partial charge in [0.2, 0.25) is 0 Å². The van der Waals surface area contributed by atoms with Gasteiger partial charge < -0.3 is 20.1 Å². The minimum absolute atomic E-state index is 0.174. The summed E-state index contributed by atoms with van der Waals surface area (Å²) in [6.07, 6.45) is 0.748. The van der Waals surface area contributed by atoms with Crippen LogP contribution in [0.15, 0.2) is 46.5 Å². The first-order valence-electron chi connectivity index (χ1n) is 8.86. The van der Waals surface area contributed by atoms with Crippen LogP contribution in [0.4, 0.5) is 4.79 Å². The van der Waals surface area contributed by atoms with E-state index in [1.54, 1.807) is 18.7 Å². The molecule has 1 aliphatic rings. The van der Waals surface area contributed by atoms with Crippen molar-refractivity contribution in [1.29, 1.82) is 0 Å². The van der Waals surface area contributed by atoms with Crippen molar-refractivity contribution in [3.8, 4) is 0 Å². The Morgan fingerprint density at radius 3 is 2.56 bits per heavy atom. The second-order valence-electron chi connectivity index (χ2n) is 5.74. The number of benzene rings is 1. The molecule has 27 heavy (non-hydrogen) atoms. The minimum Gasteiger partial charge on any atom is -0.463 e. The van der Waals surface area contributed by atoms with Crippen molar-refractivity contribution in [2.45, 2.75) is 37.6 Å². The van der Waals surface area contributed by atoms with Gasteiger partial charge in [0.15, 0.2) is 0 Å². The largest absolute Gasteiger partial charge is 0.463 e. The molecule has 1 aromatic carbocycles. The molecule has 1 aliphatic heterocycles. The van der Waals surface area contributed by atoms with Crippen LogP contribution in [0.25, 0.3) is 0 Å². The van der Waals surface area contributed by atoms with Gasteiger partial charge in [-0.3, -0.25) is 4.79 Å². The van der Waals surface area contributed by atoms with Crippen LogP contribution in [0.1, 0.15) is 26.7 Å². The van der Waals surface area contributed by atoms with Crippen LogP contribution < -0.4 is 10.6 Å². The number of carbonyl (C=O) groups excluding carboxylic acids is 3. The maximum atomic E-state index is 12.2. The molecule has 2 N–H and O–H groups in total. The number of rotatable bonds is 9. The fourth-order valence-corrected chi connectivity index (χ4v) is 3.42. The number of carbonyl (C=O) groups is 3. The molecular weight excluding hydrogens is 368 g/mol. The van der Waals surface area contributed by atoms with E-state index in [1.165, 1.54) is 0 Å². The average Bonchev–Trinajstić information content (AvgIpc) is 2.66. The molecule has 0 fully saturated rings. The monoisotopic (exact) mass is 392 g/mol. The van der Waals surface area contributed by atoms with Gasteiger partial charge >= 0.3 is 18.0 Å². The van der Waals surface area contributed by atoms with Crippen LogP contribution in [-0.2, 0) is 19.1 Å². The molecule has 0 saturated carbocycles. The Labute approximate surface area is 162 Å². The van der Waals surface area contributed by atoms with Gasteiger partial charge in [0.25, 0.3) is 0 Å². The third kappa shape index (κ3) is 6.32. The van der Waals surface area contributed by atoms with Gasteiger partial charge in [-0.1, -0.05) is 25.1 Å². The lowest BCUT2D eigenvalue weighted by atomic mass is 10.0. The number of ether oxygens (including phenoxy) is 2. The van der Waals surface area contributed by atoms with Crippen molar-refractivity contribution < 1.29 is 23.9 Å². The Morgan fingerprint density at radius 1 is 1.15 bits per heavy atom. The van der Waals surface area contributed by atoms with Gasteiger partial charge in [-0.15, -0.1) is 11.8 Å². The highest BCUT2D eigenvalue weighted by molar-refractivity contribution is 7.99. The van der Waals surface area contributed by atoms with Crippen molar-refractivity contribution in [3.63, 3.8) is 0 Å².